The molecular weight excluding hydrogens is 212 g/mol. The Hall–Kier alpha value is -1.85. The Kier molecular flexibility index (Phi) is 3.65. The van der Waals surface area contributed by atoms with Crippen LogP contribution in [0.1, 0.15) is 12.6 Å². The number of aryl methyl sites for hydroxylation is 1. The van der Waals surface area contributed by atoms with E-state index >= 15 is 0 Å². The molecule has 0 spiro atoms. The van der Waals surface area contributed by atoms with Gasteiger partial charge in [0.05, 0.1) is 6.54 Å². The average molecular weight is 226 g/mol. The molecule has 0 radical (unpaired) electrons. The van der Waals surface area contributed by atoms with Crippen LogP contribution in [0, 0.1) is 6.92 Å². The molecule has 16 heavy (non-hydrogen) atoms. The quantitative estimate of drug-likeness (QED) is 0.646. The van der Waals surface area contributed by atoms with Crippen LogP contribution >= 0.6 is 0 Å². The van der Waals surface area contributed by atoms with Crippen molar-refractivity contribution >= 4 is 5.97 Å². The lowest BCUT2D eigenvalue weighted by atomic mass is 10.4. The summed E-state index contributed by atoms with van der Waals surface area (Å²) in [5, 5.41) is 0. The number of ether oxygens (including phenoxy) is 1. The van der Waals surface area contributed by atoms with Crippen molar-refractivity contribution in [1.29, 1.82) is 0 Å². The zero-order valence-electron chi connectivity index (χ0n) is 9.52. The largest absolute Gasteiger partial charge is 0.464 e. The van der Waals surface area contributed by atoms with Crippen molar-refractivity contribution in [3.63, 3.8) is 0 Å². The maximum Gasteiger partial charge on any atom is 0.331 e. The Bertz CT molecular complexity index is 513. The second kappa shape index (κ2) is 4.78. The van der Waals surface area contributed by atoms with Crippen LogP contribution in [0.5, 0.6) is 0 Å². The molecule has 0 saturated heterocycles. The minimum Gasteiger partial charge on any atom is -0.464 e. The van der Waals surface area contributed by atoms with Gasteiger partial charge in [-0.1, -0.05) is 0 Å². The van der Waals surface area contributed by atoms with E-state index in [1.54, 1.807) is 6.92 Å². The number of nitrogens with zero attached hydrogens (tertiary/aromatic N) is 2. The average Bonchev–Trinajstić information content (AvgIpc) is 2.19. The molecule has 1 aromatic heterocycles. The summed E-state index contributed by atoms with van der Waals surface area (Å²) in [6, 6.07) is 1.37. The van der Waals surface area contributed by atoms with Gasteiger partial charge in [0.2, 0.25) is 0 Å². The smallest absolute Gasteiger partial charge is 0.331 e. The van der Waals surface area contributed by atoms with Gasteiger partial charge in [0.25, 0.3) is 5.56 Å². The van der Waals surface area contributed by atoms with E-state index in [0.717, 1.165) is 4.57 Å². The molecule has 0 amide bonds. The summed E-state index contributed by atoms with van der Waals surface area (Å²) in [6.07, 6.45) is 0. The van der Waals surface area contributed by atoms with Gasteiger partial charge in [-0.15, -0.1) is 0 Å². The molecule has 0 aliphatic heterocycles. The summed E-state index contributed by atoms with van der Waals surface area (Å²) in [4.78, 5) is 33.5. The van der Waals surface area contributed by atoms with Gasteiger partial charge < -0.3 is 4.74 Å². The zero-order chi connectivity index (χ0) is 12.3. The van der Waals surface area contributed by atoms with Crippen LogP contribution in [-0.2, 0) is 23.1 Å². The summed E-state index contributed by atoms with van der Waals surface area (Å²) in [5.41, 5.74) is -0.191. The van der Waals surface area contributed by atoms with Crippen LogP contribution in [0.25, 0.3) is 0 Å². The van der Waals surface area contributed by atoms with Gasteiger partial charge in [0.1, 0.15) is 6.61 Å². The first-order valence-corrected chi connectivity index (χ1v) is 4.84. The molecular formula is C10H14N2O4. The van der Waals surface area contributed by atoms with Gasteiger partial charge in [0.15, 0.2) is 0 Å². The second-order valence-corrected chi connectivity index (χ2v) is 3.46. The van der Waals surface area contributed by atoms with Crippen LogP contribution in [0.2, 0.25) is 0 Å². The number of carbonyl (C=O) groups excluding carboxylic acids is 1. The molecule has 1 rings (SSSR count). The van der Waals surface area contributed by atoms with Crippen LogP contribution in [0.4, 0.5) is 0 Å². The van der Waals surface area contributed by atoms with Crippen molar-refractivity contribution in [2.45, 2.75) is 20.4 Å². The van der Waals surface area contributed by atoms with E-state index in [-0.39, 0.29) is 18.7 Å². The summed E-state index contributed by atoms with van der Waals surface area (Å²) < 4.78 is 7.15. The predicted molar refractivity (Wildman–Crippen MR) is 57.3 cm³/mol. The molecule has 88 valence electrons. The fraction of sp³-hybridized carbons (Fsp3) is 0.500. The van der Waals surface area contributed by atoms with E-state index in [1.165, 1.54) is 24.6 Å². The Morgan fingerprint density at radius 2 is 2.06 bits per heavy atom. The van der Waals surface area contributed by atoms with Crippen molar-refractivity contribution in [3.8, 4) is 0 Å². The molecule has 0 saturated carbocycles. The van der Waals surface area contributed by atoms with Gasteiger partial charge in [-0.3, -0.25) is 18.7 Å². The minimum atomic E-state index is -0.405. The molecule has 6 nitrogen and oxygen atoms in total. The number of aromatic nitrogens is 2. The molecule has 0 aliphatic carbocycles. The normalized spacial score (nSPS) is 10.2. The fourth-order valence-corrected chi connectivity index (χ4v) is 1.33. The third-order valence-electron chi connectivity index (χ3n) is 2.23. The number of esters is 1. The van der Waals surface area contributed by atoms with Gasteiger partial charge >= 0.3 is 11.7 Å². The number of hydrogen-bond acceptors (Lipinski definition) is 4. The van der Waals surface area contributed by atoms with Gasteiger partial charge in [-0.2, -0.15) is 0 Å². The van der Waals surface area contributed by atoms with E-state index < -0.39 is 11.7 Å². The third kappa shape index (κ3) is 2.59. The van der Waals surface area contributed by atoms with Crippen molar-refractivity contribution in [2.24, 2.45) is 7.05 Å². The molecule has 0 unspecified atom stereocenters. The number of rotatable bonds is 3. The van der Waals surface area contributed by atoms with Crippen molar-refractivity contribution in [1.82, 2.24) is 9.13 Å². The minimum absolute atomic E-state index is 0.119. The summed E-state index contributed by atoms with van der Waals surface area (Å²) in [5.74, 6) is -0.393. The lowest BCUT2D eigenvalue weighted by molar-refractivity contribution is -0.141. The molecule has 1 aromatic rings. The third-order valence-corrected chi connectivity index (χ3v) is 2.23. The van der Waals surface area contributed by atoms with E-state index in [0.29, 0.717) is 5.69 Å². The van der Waals surface area contributed by atoms with E-state index in [9.17, 15) is 14.4 Å². The monoisotopic (exact) mass is 226 g/mol. The first-order chi connectivity index (χ1) is 7.43. The molecule has 0 aromatic carbocycles. The Labute approximate surface area is 92.1 Å². The first kappa shape index (κ1) is 12.2. The lowest BCUT2D eigenvalue weighted by Gasteiger charge is -2.10. The molecule has 0 bridgehead atoms. The van der Waals surface area contributed by atoms with Gasteiger partial charge in [0, 0.05) is 25.7 Å². The van der Waals surface area contributed by atoms with E-state index in [1.807, 2.05) is 0 Å². The summed E-state index contributed by atoms with van der Waals surface area (Å²) >= 11 is 0. The topological polar surface area (TPSA) is 70.3 Å². The highest BCUT2D eigenvalue weighted by Crippen LogP contribution is 1.90. The van der Waals surface area contributed by atoms with Crippen molar-refractivity contribution < 1.29 is 9.53 Å². The number of carbonyl (C=O) groups is 1. The Balaban J connectivity index is 2.97. The van der Waals surface area contributed by atoms with Gasteiger partial charge in [-0.05, 0) is 6.92 Å². The summed E-state index contributed by atoms with van der Waals surface area (Å²) in [6.45, 7) is 3.33. The maximum atomic E-state index is 11.7. The van der Waals surface area contributed by atoms with Crippen molar-refractivity contribution in [3.05, 3.63) is 32.6 Å². The lowest BCUT2D eigenvalue weighted by Crippen LogP contribution is -2.39. The molecule has 6 heteroatoms. The molecule has 0 atom stereocenters. The Morgan fingerprint density at radius 1 is 1.44 bits per heavy atom. The second-order valence-electron chi connectivity index (χ2n) is 3.46. The Morgan fingerprint density at radius 3 is 2.62 bits per heavy atom. The standard InChI is InChI=1S/C10H14N2O4/c1-7-6-9(14)11(3)10(15)12(7)4-5-16-8(2)13/h6H,4-5H2,1-3H3. The summed E-state index contributed by atoms with van der Waals surface area (Å²) in [7, 11) is 1.41. The predicted octanol–water partition coefficient (Wildman–Crippen LogP) is -0.581. The van der Waals surface area contributed by atoms with Gasteiger partial charge in [-0.25, -0.2) is 4.79 Å². The highest BCUT2D eigenvalue weighted by atomic mass is 16.5. The molecule has 0 fully saturated rings. The SMILES string of the molecule is CC(=O)OCCn1c(C)cc(=O)n(C)c1=O. The zero-order valence-corrected chi connectivity index (χ0v) is 9.52. The molecule has 0 N–H and O–H groups in total. The van der Waals surface area contributed by atoms with Crippen LogP contribution < -0.4 is 11.2 Å². The highest BCUT2D eigenvalue weighted by molar-refractivity contribution is 5.65. The molecule has 0 aliphatic rings. The molecule has 1 heterocycles. The maximum absolute atomic E-state index is 11.7. The fourth-order valence-electron chi connectivity index (χ4n) is 1.33. The van der Waals surface area contributed by atoms with E-state index in [2.05, 4.69) is 0 Å². The van der Waals surface area contributed by atoms with Crippen LogP contribution in [-0.4, -0.2) is 21.7 Å². The first-order valence-electron chi connectivity index (χ1n) is 4.84. The van der Waals surface area contributed by atoms with Crippen LogP contribution in [0.3, 0.4) is 0 Å². The number of hydrogen-bond donors (Lipinski definition) is 0. The van der Waals surface area contributed by atoms with Crippen molar-refractivity contribution in [2.75, 3.05) is 6.61 Å². The van der Waals surface area contributed by atoms with E-state index in [4.69, 9.17) is 4.74 Å². The highest BCUT2D eigenvalue weighted by Gasteiger charge is 2.05. The van der Waals surface area contributed by atoms with Crippen LogP contribution in [0.15, 0.2) is 15.7 Å².